The van der Waals surface area contributed by atoms with Crippen molar-refractivity contribution < 1.29 is 23.9 Å². The average molecular weight is 349 g/mol. The van der Waals surface area contributed by atoms with Crippen molar-refractivity contribution in [3.8, 4) is 5.75 Å². The largest absolute Gasteiger partial charge is 0.480 e. The molecule has 122 valence electrons. The first-order chi connectivity index (χ1) is 10.5. The quantitative estimate of drug-likeness (QED) is 0.785. The Balaban J connectivity index is 1.72. The number of hydrogen-bond donors (Lipinski definition) is 1. The van der Waals surface area contributed by atoms with Crippen molar-refractivity contribution in [3.05, 3.63) is 28.2 Å². The Morgan fingerprint density at radius 1 is 1.36 bits per heavy atom. The van der Waals surface area contributed by atoms with E-state index in [1.807, 2.05) is 6.92 Å². The molecular formula is C15H20Cl2NO4+. The highest BCUT2D eigenvalue weighted by Crippen LogP contribution is 2.27. The number of rotatable bonds is 6. The summed E-state index contributed by atoms with van der Waals surface area (Å²) in [6.45, 7) is 5.89. The second kappa shape index (κ2) is 8.58. The Morgan fingerprint density at radius 3 is 2.77 bits per heavy atom. The standard InChI is InChI=1S/C15H19Cl2NO4/c1-11(9-18-4-6-20-7-5-18)22-15(19)10-21-14-3-2-12(16)8-13(14)17/h2-3,8,11H,4-7,9-10H2,1H3/p+1/t11-/m1/s1. The number of nitrogens with one attached hydrogen (secondary N) is 1. The predicted octanol–water partition coefficient (Wildman–Crippen LogP) is 1.22. The first-order valence-electron chi connectivity index (χ1n) is 7.23. The van der Waals surface area contributed by atoms with Crippen molar-refractivity contribution in [2.24, 2.45) is 0 Å². The van der Waals surface area contributed by atoms with Gasteiger partial charge in [-0.2, -0.15) is 0 Å². The van der Waals surface area contributed by atoms with Gasteiger partial charge in [-0.15, -0.1) is 0 Å². The monoisotopic (exact) mass is 348 g/mol. The maximum absolute atomic E-state index is 11.8. The Hall–Kier alpha value is -1.01. The van der Waals surface area contributed by atoms with Crippen LogP contribution >= 0.6 is 23.2 Å². The fourth-order valence-corrected chi connectivity index (χ4v) is 2.76. The van der Waals surface area contributed by atoms with Crippen LogP contribution in [-0.2, 0) is 14.3 Å². The van der Waals surface area contributed by atoms with Gasteiger partial charge in [-0.3, -0.25) is 0 Å². The Kier molecular flexibility index (Phi) is 6.76. The fourth-order valence-electron chi connectivity index (χ4n) is 2.30. The maximum Gasteiger partial charge on any atom is 0.344 e. The Morgan fingerprint density at radius 2 is 2.09 bits per heavy atom. The second-order valence-corrected chi connectivity index (χ2v) is 6.07. The summed E-state index contributed by atoms with van der Waals surface area (Å²) >= 11 is 11.8. The molecule has 1 saturated heterocycles. The van der Waals surface area contributed by atoms with E-state index in [1.165, 1.54) is 4.90 Å². The number of ether oxygens (including phenoxy) is 3. The molecule has 0 radical (unpaired) electrons. The van der Waals surface area contributed by atoms with E-state index in [9.17, 15) is 4.79 Å². The summed E-state index contributed by atoms with van der Waals surface area (Å²) in [4.78, 5) is 13.2. The lowest BCUT2D eigenvalue weighted by Crippen LogP contribution is -3.15. The van der Waals surface area contributed by atoms with Crippen LogP contribution in [0, 0.1) is 0 Å². The molecule has 0 amide bonds. The average Bonchev–Trinajstić information content (AvgIpc) is 2.47. The zero-order valence-corrected chi connectivity index (χ0v) is 14.0. The van der Waals surface area contributed by atoms with Crippen LogP contribution in [0.4, 0.5) is 0 Å². The minimum absolute atomic E-state index is 0.162. The number of benzene rings is 1. The van der Waals surface area contributed by atoms with Gasteiger partial charge in [0, 0.05) is 5.02 Å². The Bertz CT molecular complexity index is 506. The summed E-state index contributed by atoms with van der Waals surface area (Å²) in [6, 6.07) is 4.84. The fraction of sp³-hybridized carbons (Fsp3) is 0.533. The van der Waals surface area contributed by atoms with Crippen molar-refractivity contribution in [1.29, 1.82) is 0 Å². The van der Waals surface area contributed by atoms with Crippen molar-refractivity contribution in [1.82, 2.24) is 0 Å². The topological polar surface area (TPSA) is 49.2 Å². The van der Waals surface area contributed by atoms with E-state index < -0.39 is 5.97 Å². The van der Waals surface area contributed by atoms with Gasteiger partial charge in [0.15, 0.2) is 6.61 Å². The highest BCUT2D eigenvalue weighted by molar-refractivity contribution is 6.35. The molecule has 1 aromatic carbocycles. The number of carbonyl (C=O) groups excluding carboxylic acids is 1. The van der Waals surface area contributed by atoms with E-state index >= 15 is 0 Å². The van der Waals surface area contributed by atoms with Crippen molar-refractivity contribution in [2.75, 3.05) is 39.5 Å². The summed E-state index contributed by atoms with van der Waals surface area (Å²) in [5.41, 5.74) is 0. The second-order valence-electron chi connectivity index (χ2n) is 5.23. The van der Waals surface area contributed by atoms with E-state index in [4.69, 9.17) is 37.4 Å². The molecule has 1 N–H and O–H groups in total. The number of hydrogen-bond acceptors (Lipinski definition) is 4. The van der Waals surface area contributed by atoms with Crippen LogP contribution in [-0.4, -0.2) is 51.5 Å². The molecule has 0 aromatic heterocycles. The smallest absolute Gasteiger partial charge is 0.344 e. The minimum atomic E-state index is -0.411. The summed E-state index contributed by atoms with van der Waals surface area (Å²) in [7, 11) is 0. The van der Waals surface area contributed by atoms with Gasteiger partial charge in [0.1, 0.15) is 31.5 Å². The van der Waals surface area contributed by atoms with Gasteiger partial charge in [-0.25, -0.2) is 4.79 Å². The minimum Gasteiger partial charge on any atom is -0.480 e. The normalized spacial score (nSPS) is 17.0. The van der Waals surface area contributed by atoms with Crippen LogP contribution in [0.1, 0.15) is 6.92 Å². The van der Waals surface area contributed by atoms with Crippen LogP contribution in [0.25, 0.3) is 0 Å². The molecule has 0 aliphatic carbocycles. The number of quaternary nitrogens is 1. The van der Waals surface area contributed by atoms with E-state index in [2.05, 4.69) is 0 Å². The molecule has 1 heterocycles. The summed E-state index contributed by atoms with van der Waals surface area (Å²) in [5.74, 6) is 0.000602. The molecular weight excluding hydrogens is 329 g/mol. The third-order valence-electron chi connectivity index (χ3n) is 3.35. The van der Waals surface area contributed by atoms with Crippen LogP contribution < -0.4 is 9.64 Å². The molecule has 0 spiro atoms. The van der Waals surface area contributed by atoms with E-state index in [0.29, 0.717) is 15.8 Å². The Labute approximate surface area is 140 Å². The molecule has 0 unspecified atom stereocenters. The van der Waals surface area contributed by atoms with Gasteiger partial charge in [-0.05, 0) is 25.1 Å². The van der Waals surface area contributed by atoms with Crippen LogP contribution in [0.5, 0.6) is 5.75 Å². The lowest BCUT2D eigenvalue weighted by molar-refractivity contribution is -0.910. The molecule has 1 atom stereocenters. The van der Waals surface area contributed by atoms with Gasteiger partial charge < -0.3 is 19.1 Å². The highest BCUT2D eigenvalue weighted by Gasteiger charge is 2.20. The molecule has 1 aliphatic heterocycles. The van der Waals surface area contributed by atoms with Crippen LogP contribution in [0.3, 0.4) is 0 Å². The van der Waals surface area contributed by atoms with Gasteiger partial charge in [-0.1, -0.05) is 23.2 Å². The third kappa shape index (κ3) is 5.65. The first kappa shape index (κ1) is 17.3. The molecule has 1 aliphatic rings. The van der Waals surface area contributed by atoms with Crippen molar-refractivity contribution in [3.63, 3.8) is 0 Å². The van der Waals surface area contributed by atoms with E-state index in [0.717, 1.165) is 32.8 Å². The van der Waals surface area contributed by atoms with Gasteiger partial charge >= 0.3 is 5.97 Å². The van der Waals surface area contributed by atoms with Crippen molar-refractivity contribution >= 4 is 29.2 Å². The van der Waals surface area contributed by atoms with Crippen LogP contribution in [0.2, 0.25) is 10.0 Å². The van der Waals surface area contributed by atoms with E-state index in [1.54, 1.807) is 18.2 Å². The van der Waals surface area contributed by atoms with Gasteiger partial charge in [0.25, 0.3) is 0 Å². The molecule has 22 heavy (non-hydrogen) atoms. The first-order valence-corrected chi connectivity index (χ1v) is 7.99. The molecule has 0 saturated carbocycles. The van der Waals surface area contributed by atoms with Gasteiger partial charge in [0.05, 0.1) is 18.2 Å². The summed E-state index contributed by atoms with van der Waals surface area (Å²) in [6.07, 6.45) is -0.162. The zero-order chi connectivity index (χ0) is 15.9. The molecule has 0 bridgehead atoms. The number of carbonyl (C=O) groups is 1. The summed E-state index contributed by atoms with van der Waals surface area (Å²) in [5, 5.41) is 0.883. The highest BCUT2D eigenvalue weighted by atomic mass is 35.5. The predicted molar refractivity (Wildman–Crippen MR) is 83.9 cm³/mol. The lowest BCUT2D eigenvalue weighted by Gasteiger charge is -2.26. The molecule has 2 rings (SSSR count). The van der Waals surface area contributed by atoms with Gasteiger partial charge in [0.2, 0.25) is 0 Å². The molecule has 1 aromatic rings. The maximum atomic E-state index is 11.8. The lowest BCUT2D eigenvalue weighted by atomic mass is 10.3. The molecule has 1 fully saturated rings. The zero-order valence-electron chi connectivity index (χ0n) is 12.4. The third-order valence-corrected chi connectivity index (χ3v) is 3.88. The molecule has 5 nitrogen and oxygen atoms in total. The number of halogens is 2. The number of esters is 1. The van der Waals surface area contributed by atoms with E-state index in [-0.39, 0.29) is 12.7 Å². The van der Waals surface area contributed by atoms with Crippen molar-refractivity contribution in [2.45, 2.75) is 13.0 Å². The van der Waals surface area contributed by atoms with Crippen LogP contribution in [0.15, 0.2) is 18.2 Å². The molecule has 7 heteroatoms. The summed E-state index contributed by atoms with van der Waals surface area (Å²) < 4.78 is 16.0. The number of morpholine rings is 1. The SMILES string of the molecule is C[C@H](C[NH+]1CCOCC1)OC(=O)COc1ccc(Cl)cc1Cl.